The van der Waals surface area contributed by atoms with Gasteiger partial charge in [0.25, 0.3) is 0 Å². The Balaban J connectivity index is 1.81. The summed E-state index contributed by atoms with van der Waals surface area (Å²) in [6.07, 6.45) is 4.46. The first-order valence-corrected chi connectivity index (χ1v) is 9.18. The Morgan fingerprint density at radius 3 is 2.26 bits per heavy atom. The monoisotopic (exact) mass is 376 g/mol. The van der Waals surface area contributed by atoms with Gasteiger partial charge >= 0.3 is 5.92 Å². The standard InChI is InChI=1S/C22H20F4O/c1-3-4-14-7-6-13(11-27-14)15-9-10-17-16-8-5-12(2)20(23)18(16)22(25,26)19(17)21(15)24/h5-6,8-10,14H,3-4,7,11H2,1-2H3. The average molecular weight is 376 g/mol. The van der Waals surface area contributed by atoms with Crippen LogP contribution >= 0.6 is 0 Å². The van der Waals surface area contributed by atoms with E-state index in [9.17, 15) is 4.39 Å². The van der Waals surface area contributed by atoms with Crippen molar-refractivity contribution in [3.8, 4) is 11.1 Å². The highest BCUT2D eigenvalue weighted by atomic mass is 19.3. The highest BCUT2D eigenvalue weighted by Gasteiger charge is 2.49. The maximum atomic E-state index is 15.2. The number of rotatable bonds is 3. The molecule has 0 saturated carbocycles. The third kappa shape index (κ3) is 2.71. The number of hydrogen-bond donors (Lipinski definition) is 0. The molecule has 1 nitrogen and oxygen atoms in total. The van der Waals surface area contributed by atoms with Gasteiger partial charge in [0, 0.05) is 5.56 Å². The molecule has 0 radical (unpaired) electrons. The molecule has 4 rings (SSSR count). The van der Waals surface area contributed by atoms with Gasteiger partial charge in [0.05, 0.1) is 23.8 Å². The van der Waals surface area contributed by atoms with Crippen LogP contribution in [0.1, 0.15) is 48.4 Å². The number of halogens is 4. The summed E-state index contributed by atoms with van der Waals surface area (Å²) in [5.74, 6) is -5.67. The van der Waals surface area contributed by atoms with Gasteiger partial charge in [-0.25, -0.2) is 8.78 Å². The van der Waals surface area contributed by atoms with Gasteiger partial charge < -0.3 is 4.74 Å². The lowest BCUT2D eigenvalue weighted by atomic mass is 9.95. The van der Waals surface area contributed by atoms with Gasteiger partial charge in [0.1, 0.15) is 11.6 Å². The van der Waals surface area contributed by atoms with E-state index in [1.54, 1.807) is 0 Å². The zero-order valence-electron chi connectivity index (χ0n) is 15.2. The number of aryl methyl sites for hydroxylation is 1. The van der Waals surface area contributed by atoms with E-state index >= 15 is 13.2 Å². The van der Waals surface area contributed by atoms with Crippen LogP contribution in [0.4, 0.5) is 17.6 Å². The minimum atomic E-state index is -3.71. The summed E-state index contributed by atoms with van der Waals surface area (Å²) < 4.78 is 65.4. The van der Waals surface area contributed by atoms with Crippen LogP contribution in [0.5, 0.6) is 0 Å². The third-order valence-corrected chi connectivity index (χ3v) is 5.45. The molecular weight excluding hydrogens is 356 g/mol. The number of alkyl halides is 2. The molecule has 0 amide bonds. The topological polar surface area (TPSA) is 9.23 Å². The Bertz CT molecular complexity index is 946. The van der Waals surface area contributed by atoms with Crippen LogP contribution < -0.4 is 0 Å². The van der Waals surface area contributed by atoms with Gasteiger partial charge in [0.15, 0.2) is 0 Å². The second-order valence-corrected chi connectivity index (χ2v) is 7.23. The fourth-order valence-electron chi connectivity index (χ4n) is 4.01. The highest BCUT2D eigenvalue weighted by molar-refractivity contribution is 5.83. The minimum Gasteiger partial charge on any atom is -0.373 e. The molecule has 1 aliphatic heterocycles. The molecule has 0 N–H and O–H groups in total. The lowest BCUT2D eigenvalue weighted by molar-refractivity contribution is 0.0401. The van der Waals surface area contributed by atoms with E-state index in [2.05, 4.69) is 6.92 Å². The van der Waals surface area contributed by atoms with Crippen LogP contribution in [0.2, 0.25) is 0 Å². The Kier molecular flexibility index (Phi) is 4.38. The predicted molar refractivity (Wildman–Crippen MR) is 96.8 cm³/mol. The molecule has 2 aromatic carbocycles. The van der Waals surface area contributed by atoms with Crippen molar-refractivity contribution in [1.29, 1.82) is 0 Å². The van der Waals surface area contributed by atoms with Crippen LogP contribution in [-0.2, 0) is 10.7 Å². The molecule has 2 aromatic rings. The van der Waals surface area contributed by atoms with E-state index in [1.165, 1.54) is 31.2 Å². The first-order chi connectivity index (χ1) is 12.9. The molecule has 0 spiro atoms. The molecule has 0 fully saturated rings. The molecule has 1 aliphatic carbocycles. The van der Waals surface area contributed by atoms with Crippen LogP contribution in [-0.4, -0.2) is 12.7 Å². The van der Waals surface area contributed by atoms with Gasteiger partial charge in [-0.15, -0.1) is 0 Å². The lowest BCUT2D eigenvalue weighted by Crippen LogP contribution is -2.20. The molecule has 1 unspecified atom stereocenters. The zero-order valence-corrected chi connectivity index (χ0v) is 15.2. The maximum absolute atomic E-state index is 15.2. The number of fused-ring (bicyclic) bond motifs is 3. The molecule has 27 heavy (non-hydrogen) atoms. The van der Waals surface area contributed by atoms with E-state index in [-0.39, 0.29) is 35.0 Å². The van der Waals surface area contributed by atoms with Gasteiger partial charge in [-0.2, -0.15) is 8.78 Å². The van der Waals surface area contributed by atoms with Crippen LogP contribution in [0.15, 0.2) is 30.3 Å². The predicted octanol–water partition coefficient (Wildman–Crippen LogP) is 6.37. The Morgan fingerprint density at radius 1 is 1.00 bits per heavy atom. The van der Waals surface area contributed by atoms with E-state index in [0.29, 0.717) is 12.0 Å². The summed E-state index contributed by atoms with van der Waals surface area (Å²) in [5, 5.41) is 0. The van der Waals surface area contributed by atoms with Gasteiger partial charge in [-0.3, -0.25) is 0 Å². The molecule has 0 saturated heterocycles. The Hall–Kier alpha value is -2.14. The lowest BCUT2D eigenvalue weighted by Gasteiger charge is -2.24. The van der Waals surface area contributed by atoms with Gasteiger partial charge in [0.2, 0.25) is 0 Å². The average Bonchev–Trinajstić information content (AvgIpc) is 2.88. The molecule has 0 bridgehead atoms. The van der Waals surface area contributed by atoms with Crippen molar-refractivity contribution in [2.45, 2.75) is 45.1 Å². The molecular formula is C22H20F4O. The minimum absolute atomic E-state index is 0.0522. The van der Waals surface area contributed by atoms with E-state index in [1.807, 2.05) is 6.08 Å². The summed E-state index contributed by atoms with van der Waals surface area (Å²) in [7, 11) is 0. The SMILES string of the molecule is CCCC1CC=C(c2ccc3c(c2F)C(F)(F)c2c-3ccc(C)c2F)CO1. The van der Waals surface area contributed by atoms with Crippen LogP contribution in [0, 0.1) is 18.6 Å². The van der Waals surface area contributed by atoms with Crippen molar-refractivity contribution >= 4 is 5.57 Å². The molecule has 1 atom stereocenters. The van der Waals surface area contributed by atoms with Crippen molar-refractivity contribution < 1.29 is 22.3 Å². The fraction of sp³-hybridized carbons (Fsp3) is 0.364. The van der Waals surface area contributed by atoms with Crippen molar-refractivity contribution in [3.63, 3.8) is 0 Å². The summed E-state index contributed by atoms with van der Waals surface area (Å²) in [6.45, 7) is 3.67. The largest absolute Gasteiger partial charge is 0.373 e. The van der Waals surface area contributed by atoms with Crippen molar-refractivity contribution in [2.75, 3.05) is 6.61 Å². The fourth-order valence-corrected chi connectivity index (χ4v) is 4.01. The Labute approximate surface area is 155 Å². The second-order valence-electron chi connectivity index (χ2n) is 7.23. The first-order valence-electron chi connectivity index (χ1n) is 9.18. The van der Waals surface area contributed by atoms with E-state index in [0.717, 1.165) is 12.8 Å². The highest BCUT2D eigenvalue weighted by Crippen LogP contribution is 2.54. The number of ether oxygens (including phenoxy) is 1. The summed E-state index contributed by atoms with van der Waals surface area (Å²) in [6, 6.07) is 5.83. The van der Waals surface area contributed by atoms with Crippen molar-refractivity contribution in [1.82, 2.24) is 0 Å². The third-order valence-electron chi connectivity index (χ3n) is 5.45. The van der Waals surface area contributed by atoms with E-state index in [4.69, 9.17) is 4.74 Å². The van der Waals surface area contributed by atoms with Gasteiger partial charge in [-0.1, -0.05) is 43.7 Å². The second kappa shape index (κ2) is 6.48. The molecule has 2 aliphatic rings. The van der Waals surface area contributed by atoms with Crippen LogP contribution in [0.3, 0.4) is 0 Å². The molecule has 142 valence electrons. The van der Waals surface area contributed by atoms with Crippen molar-refractivity contribution in [3.05, 3.63) is 64.2 Å². The van der Waals surface area contributed by atoms with Crippen LogP contribution in [0.25, 0.3) is 16.7 Å². The molecule has 0 aromatic heterocycles. The van der Waals surface area contributed by atoms with Gasteiger partial charge in [-0.05, 0) is 42.0 Å². The number of benzene rings is 2. The quantitative estimate of drug-likeness (QED) is 0.566. The summed E-state index contributed by atoms with van der Waals surface area (Å²) in [4.78, 5) is 0. The zero-order chi connectivity index (χ0) is 19.3. The normalized spacial score (nSPS) is 20.2. The maximum Gasteiger partial charge on any atom is 0.305 e. The molecule has 5 heteroatoms. The summed E-state index contributed by atoms with van der Waals surface area (Å²) in [5.41, 5.74) is -0.579. The molecule has 1 heterocycles. The van der Waals surface area contributed by atoms with Crippen molar-refractivity contribution in [2.24, 2.45) is 0 Å². The first kappa shape index (κ1) is 18.2. The smallest absolute Gasteiger partial charge is 0.305 e. The number of hydrogen-bond acceptors (Lipinski definition) is 1. The Morgan fingerprint density at radius 2 is 1.63 bits per heavy atom. The summed E-state index contributed by atoms with van der Waals surface area (Å²) >= 11 is 0. The van der Waals surface area contributed by atoms with E-state index < -0.39 is 28.7 Å².